The first-order valence-electron chi connectivity index (χ1n) is 6.14. The zero-order valence-corrected chi connectivity index (χ0v) is 9.84. The van der Waals surface area contributed by atoms with Crippen LogP contribution in [0.3, 0.4) is 0 Å². The van der Waals surface area contributed by atoms with Gasteiger partial charge in [-0.15, -0.1) is 0 Å². The van der Waals surface area contributed by atoms with Gasteiger partial charge in [-0.25, -0.2) is 9.50 Å². The molecule has 0 atom stereocenters. The smallest absolute Gasteiger partial charge is 0.151 e. The fourth-order valence-corrected chi connectivity index (χ4v) is 2.47. The number of hydrogen-bond donors (Lipinski definition) is 1. The van der Waals surface area contributed by atoms with Gasteiger partial charge in [0.1, 0.15) is 11.8 Å². The molecule has 1 saturated heterocycles. The zero-order valence-electron chi connectivity index (χ0n) is 9.84. The van der Waals surface area contributed by atoms with Crippen molar-refractivity contribution in [3.63, 3.8) is 0 Å². The highest BCUT2D eigenvalue weighted by molar-refractivity contribution is 5.65. The first-order valence-corrected chi connectivity index (χ1v) is 6.14. The highest BCUT2D eigenvalue weighted by Crippen LogP contribution is 2.17. The fraction of sp³-hybridized carbons (Fsp3) is 0.500. The quantitative estimate of drug-likeness (QED) is 0.846. The Hall–Kier alpha value is -1.62. The van der Waals surface area contributed by atoms with Crippen LogP contribution in [0, 0.1) is 0 Å². The van der Waals surface area contributed by atoms with Crippen molar-refractivity contribution in [3.05, 3.63) is 24.2 Å². The summed E-state index contributed by atoms with van der Waals surface area (Å²) in [6.45, 7) is 3.33. The Kier molecular flexibility index (Phi) is 2.68. The fourth-order valence-electron chi connectivity index (χ4n) is 2.47. The molecule has 0 aromatic carbocycles. The molecule has 0 saturated carbocycles. The van der Waals surface area contributed by atoms with Crippen molar-refractivity contribution in [1.82, 2.24) is 19.5 Å². The number of aromatic nitrogens is 3. The Morgan fingerprint density at radius 1 is 1.18 bits per heavy atom. The lowest BCUT2D eigenvalue weighted by atomic mass is 10.1. The molecule has 5 heteroatoms. The highest BCUT2D eigenvalue weighted by atomic mass is 15.3. The van der Waals surface area contributed by atoms with Crippen LogP contribution < -0.4 is 5.73 Å². The van der Waals surface area contributed by atoms with Crippen LogP contribution in [0.2, 0.25) is 0 Å². The van der Waals surface area contributed by atoms with Crippen molar-refractivity contribution in [1.29, 1.82) is 0 Å². The number of nitrogens with zero attached hydrogens (tertiary/aromatic N) is 4. The van der Waals surface area contributed by atoms with Gasteiger partial charge in [-0.3, -0.25) is 4.90 Å². The lowest BCUT2D eigenvalue weighted by Gasteiger charge is -2.25. The number of likely N-dealkylation sites (tertiary alicyclic amines) is 1. The summed E-state index contributed by atoms with van der Waals surface area (Å²) in [5.74, 6) is 0.546. The summed E-state index contributed by atoms with van der Waals surface area (Å²) in [6, 6.07) is 4.09. The van der Waals surface area contributed by atoms with Crippen molar-refractivity contribution in [2.75, 3.05) is 18.8 Å². The second-order valence-corrected chi connectivity index (χ2v) is 4.60. The lowest BCUT2D eigenvalue weighted by Crippen LogP contribution is -2.29. The molecule has 0 aliphatic carbocycles. The van der Waals surface area contributed by atoms with Gasteiger partial charge in [-0.2, -0.15) is 5.10 Å². The molecule has 3 heterocycles. The van der Waals surface area contributed by atoms with Crippen LogP contribution in [0.5, 0.6) is 0 Å². The van der Waals surface area contributed by atoms with Gasteiger partial charge in [-0.05, 0) is 38.1 Å². The molecule has 0 amide bonds. The van der Waals surface area contributed by atoms with Crippen LogP contribution in [0.4, 0.5) is 5.82 Å². The molecular formula is C12H17N5. The standard InChI is InChI=1S/C12H17N5/c13-12-11-5-4-10(17(11)15-9-14-12)8-16-6-2-1-3-7-16/h4-5,9H,1-3,6-8H2,(H2,13,14,15). The maximum atomic E-state index is 5.82. The van der Waals surface area contributed by atoms with Crippen LogP contribution in [-0.4, -0.2) is 32.6 Å². The average Bonchev–Trinajstić information content (AvgIpc) is 2.76. The number of rotatable bonds is 2. The molecule has 2 aromatic heterocycles. The van der Waals surface area contributed by atoms with E-state index in [-0.39, 0.29) is 0 Å². The Labute approximate surface area is 100 Å². The van der Waals surface area contributed by atoms with Crippen LogP contribution in [0.1, 0.15) is 25.0 Å². The second kappa shape index (κ2) is 4.33. The Morgan fingerprint density at radius 3 is 2.82 bits per heavy atom. The Balaban J connectivity index is 1.87. The number of anilines is 1. The third-order valence-electron chi connectivity index (χ3n) is 3.39. The average molecular weight is 231 g/mol. The van der Waals surface area contributed by atoms with Gasteiger partial charge >= 0.3 is 0 Å². The SMILES string of the molecule is Nc1ncnn2c(CN3CCCCC3)ccc12. The summed E-state index contributed by atoms with van der Waals surface area (Å²) >= 11 is 0. The number of nitrogen functional groups attached to an aromatic ring is 1. The zero-order chi connectivity index (χ0) is 11.7. The molecule has 0 radical (unpaired) electrons. The van der Waals surface area contributed by atoms with E-state index in [9.17, 15) is 0 Å². The van der Waals surface area contributed by atoms with E-state index in [0.717, 1.165) is 12.1 Å². The third-order valence-corrected chi connectivity index (χ3v) is 3.39. The normalized spacial score (nSPS) is 17.6. The minimum absolute atomic E-state index is 0.546. The monoisotopic (exact) mass is 231 g/mol. The molecule has 90 valence electrons. The molecule has 3 rings (SSSR count). The number of nitrogens with two attached hydrogens (primary N) is 1. The van der Waals surface area contributed by atoms with Crippen LogP contribution >= 0.6 is 0 Å². The molecule has 0 spiro atoms. The summed E-state index contributed by atoms with van der Waals surface area (Å²) in [6.07, 6.45) is 5.49. The highest BCUT2D eigenvalue weighted by Gasteiger charge is 2.13. The van der Waals surface area contributed by atoms with Crippen LogP contribution in [0.25, 0.3) is 5.52 Å². The van der Waals surface area contributed by atoms with E-state index in [1.807, 2.05) is 10.6 Å². The number of hydrogen-bond acceptors (Lipinski definition) is 4. The van der Waals surface area contributed by atoms with Gasteiger partial charge in [0, 0.05) is 6.54 Å². The first kappa shape index (κ1) is 10.5. The van der Waals surface area contributed by atoms with Gasteiger partial charge in [0.05, 0.1) is 5.69 Å². The molecule has 2 aromatic rings. The second-order valence-electron chi connectivity index (χ2n) is 4.60. The summed E-state index contributed by atoms with van der Waals surface area (Å²) in [4.78, 5) is 6.48. The molecule has 17 heavy (non-hydrogen) atoms. The van der Waals surface area contributed by atoms with E-state index in [0.29, 0.717) is 5.82 Å². The number of fused-ring (bicyclic) bond motifs is 1. The third kappa shape index (κ3) is 1.98. The predicted octanol–water partition coefficient (Wildman–Crippen LogP) is 1.30. The van der Waals surface area contributed by atoms with Crippen molar-refractivity contribution < 1.29 is 0 Å². The molecule has 1 aliphatic heterocycles. The molecule has 0 bridgehead atoms. The molecule has 2 N–H and O–H groups in total. The predicted molar refractivity (Wildman–Crippen MR) is 66.5 cm³/mol. The van der Waals surface area contributed by atoms with Crippen molar-refractivity contribution >= 4 is 11.3 Å². The van der Waals surface area contributed by atoms with E-state index >= 15 is 0 Å². The molecule has 5 nitrogen and oxygen atoms in total. The van der Waals surface area contributed by atoms with Crippen LogP contribution in [-0.2, 0) is 6.54 Å². The van der Waals surface area contributed by atoms with Crippen molar-refractivity contribution in [3.8, 4) is 0 Å². The summed E-state index contributed by atoms with van der Waals surface area (Å²) in [5, 5.41) is 4.27. The van der Waals surface area contributed by atoms with E-state index in [2.05, 4.69) is 21.0 Å². The minimum atomic E-state index is 0.546. The summed E-state index contributed by atoms with van der Waals surface area (Å²) in [7, 11) is 0. The maximum Gasteiger partial charge on any atom is 0.151 e. The van der Waals surface area contributed by atoms with Gasteiger partial charge < -0.3 is 5.73 Å². The van der Waals surface area contributed by atoms with Gasteiger partial charge in [0.2, 0.25) is 0 Å². The minimum Gasteiger partial charge on any atom is -0.382 e. The maximum absolute atomic E-state index is 5.82. The summed E-state index contributed by atoms with van der Waals surface area (Å²) in [5.41, 5.74) is 7.91. The number of piperidine rings is 1. The topological polar surface area (TPSA) is 59.4 Å². The van der Waals surface area contributed by atoms with Gasteiger partial charge in [-0.1, -0.05) is 6.42 Å². The Morgan fingerprint density at radius 2 is 2.00 bits per heavy atom. The van der Waals surface area contributed by atoms with Crippen molar-refractivity contribution in [2.24, 2.45) is 0 Å². The first-order chi connectivity index (χ1) is 8.34. The van der Waals surface area contributed by atoms with E-state index in [1.54, 1.807) is 0 Å². The van der Waals surface area contributed by atoms with E-state index < -0.39 is 0 Å². The van der Waals surface area contributed by atoms with E-state index in [4.69, 9.17) is 5.73 Å². The van der Waals surface area contributed by atoms with E-state index in [1.165, 1.54) is 44.4 Å². The van der Waals surface area contributed by atoms with Crippen LogP contribution in [0.15, 0.2) is 18.5 Å². The lowest BCUT2D eigenvalue weighted by molar-refractivity contribution is 0.217. The van der Waals surface area contributed by atoms with Crippen molar-refractivity contribution in [2.45, 2.75) is 25.8 Å². The Bertz CT molecular complexity index is 513. The van der Waals surface area contributed by atoms with Gasteiger partial charge in [0.25, 0.3) is 0 Å². The molecular weight excluding hydrogens is 214 g/mol. The summed E-state index contributed by atoms with van der Waals surface area (Å²) < 4.78 is 1.90. The van der Waals surface area contributed by atoms with Gasteiger partial charge in [0.15, 0.2) is 5.82 Å². The largest absolute Gasteiger partial charge is 0.382 e. The molecule has 0 unspecified atom stereocenters. The molecule has 1 fully saturated rings. The molecule has 1 aliphatic rings.